The summed E-state index contributed by atoms with van der Waals surface area (Å²) in [5, 5.41) is 11.2. The molecular weight excluding hydrogens is 296 g/mol. The van der Waals surface area contributed by atoms with Gasteiger partial charge >= 0.3 is 0 Å². The molecule has 114 valence electrons. The van der Waals surface area contributed by atoms with Gasteiger partial charge in [-0.3, -0.25) is 10.1 Å². The van der Waals surface area contributed by atoms with Crippen molar-refractivity contribution < 1.29 is 18.1 Å². The Morgan fingerprint density at radius 3 is 2.43 bits per heavy atom. The fraction of sp³-hybridized carbons (Fsp3) is 0.462. The SMILES string of the molecule is CS(=O)(=O)c1ccc(N2CCC(C=O)CC2)c([N+](=O)[O-])c1. The number of carbonyl (C=O) groups excluding carboxylic acids is 1. The smallest absolute Gasteiger partial charge is 0.293 e. The highest BCUT2D eigenvalue weighted by Gasteiger charge is 2.26. The third-order valence-electron chi connectivity index (χ3n) is 3.64. The lowest BCUT2D eigenvalue weighted by molar-refractivity contribution is -0.384. The maximum absolute atomic E-state index is 11.5. The van der Waals surface area contributed by atoms with E-state index in [1.165, 1.54) is 12.1 Å². The molecule has 1 aromatic carbocycles. The number of hydrogen-bond acceptors (Lipinski definition) is 6. The maximum Gasteiger partial charge on any atom is 0.293 e. The summed E-state index contributed by atoms with van der Waals surface area (Å²) >= 11 is 0. The number of carbonyl (C=O) groups is 1. The average Bonchev–Trinajstić information content (AvgIpc) is 2.45. The van der Waals surface area contributed by atoms with Gasteiger partial charge in [-0.05, 0) is 25.0 Å². The predicted molar refractivity (Wildman–Crippen MR) is 77.2 cm³/mol. The molecule has 21 heavy (non-hydrogen) atoms. The molecule has 0 aliphatic carbocycles. The van der Waals surface area contributed by atoms with Gasteiger partial charge in [-0.15, -0.1) is 0 Å². The Hall–Kier alpha value is -1.96. The van der Waals surface area contributed by atoms with Gasteiger partial charge in [-0.25, -0.2) is 8.42 Å². The van der Waals surface area contributed by atoms with Gasteiger partial charge in [0.1, 0.15) is 12.0 Å². The zero-order valence-corrected chi connectivity index (χ0v) is 12.4. The molecule has 7 nitrogen and oxygen atoms in total. The first-order chi connectivity index (χ1) is 9.82. The summed E-state index contributed by atoms with van der Waals surface area (Å²) in [7, 11) is -3.49. The minimum absolute atomic E-state index is 0.00408. The maximum atomic E-state index is 11.5. The Bertz CT molecular complexity index is 663. The molecule has 1 aliphatic heterocycles. The van der Waals surface area contributed by atoms with Crippen LogP contribution < -0.4 is 4.90 Å². The molecule has 0 aromatic heterocycles. The van der Waals surface area contributed by atoms with Crippen molar-refractivity contribution >= 4 is 27.5 Å². The Morgan fingerprint density at radius 2 is 1.95 bits per heavy atom. The van der Waals surface area contributed by atoms with Crippen LogP contribution in [0.2, 0.25) is 0 Å². The van der Waals surface area contributed by atoms with Crippen molar-refractivity contribution in [3.63, 3.8) is 0 Å². The molecule has 0 atom stereocenters. The van der Waals surface area contributed by atoms with E-state index >= 15 is 0 Å². The van der Waals surface area contributed by atoms with Crippen LogP contribution in [-0.4, -0.2) is 39.0 Å². The first-order valence-corrected chi connectivity index (χ1v) is 8.41. The van der Waals surface area contributed by atoms with Gasteiger partial charge < -0.3 is 9.69 Å². The number of hydrogen-bond donors (Lipinski definition) is 0. The number of aldehydes is 1. The van der Waals surface area contributed by atoms with Crippen LogP contribution in [0.25, 0.3) is 0 Å². The first-order valence-electron chi connectivity index (χ1n) is 6.51. The lowest BCUT2D eigenvalue weighted by Crippen LogP contribution is -2.34. The fourth-order valence-electron chi connectivity index (χ4n) is 2.42. The Morgan fingerprint density at radius 1 is 1.33 bits per heavy atom. The highest BCUT2D eigenvalue weighted by Crippen LogP contribution is 2.33. The number of rotatable bonds is 4. The zero-order valence-electron chi connectivity index (χ0n) is 11.6. The van der Waals surface area contributed by atoms with Crippen molar-refractivity contribution in [3.8, 4) is 0 Å². The molecule has 0 bridgehead atoms. The summed E-state index contributed by atoms with van der Waals surface area (Å²) in [4.78, 5) is 23.1. The molecule has 1 aromatic rings. The quantitative estimate of drug-likeness (QED) is 0.474. The van der Waals surface area contributed by atoms with E-state index in [-0.39, 0.29) is 16.5 Å². The van der Waals surface area contributed by atoms with E-state index in [2.05, 4.69) is 0 Å². The van der Waals surface area contributed by atoms with Crippen LogP contribution in [-0.2, 0) is 14.6 Å². The average molecular weight is 312 g/mol. The summed E-state index contributed by atoms with van der Waals surface area (Å²) in [6.07, 6.45) is 3.22. The number of benzene rings is 1. The molecular formula is C13H16N2O5S. The summed E-state index contributed by atoms with van der Waals surface area (Å²) in [5.74, 6) is -0.00408. The number of nitro groups is 1. The van der Waals surface area contributed by atoms with E-state index < -0.39 is 14.8 Å². The Balaban J connectivity index is 2.36. The molecule has 8 heteroatoms. The molecule has 0 radical (unpaired) electrons. The van der Waals surface area contributed by atoms with Crippen LogP contribution in [0.15, 0.2) is 23.1 Å². The summed E-state index contributed by atoms with van der Waals surface area (Å²) in [5.41, 5.74) is 0.180. The van der Waals surface area contributed by atoms with Crippen molar-refractivity contribution in [1.29, 1.82) is 0 Å². The monoisotopic (exact) mass is 312 g/mol. The van der Waals surface area contributed by atoms with Crippen molar-refractivity contribution in [2.24, 2.45) is 5.92 Å². The van der Waals surface area contributed by atoms with Crippen molar-refractivity contribution in [2.45, 2.75) is 17.7 Å². The second-order valence-electron chi connectivity index (χ2n) is 5.14. The number of nitro benzene ring substituents is 1. The van der Waals surface area contributed by atoms with Crippen LogP contribution in [0, 0.1) is 16.0 Å². The number of piperidine rings is 1. The van der Waals surface area contributed by atoms with Crippen LogP contribution in [0.5, 0.6) is 0 Å². The fourth-order valence-corrected chi connectivity index (χ4v) is 3.06. The number of sulfone groups is 1. The standard InChI is InChI=1S/C13H16N2O5S/c1-21(19,20)11-2-3-12(13(8-11)15(17)18)14-6-4-10(9-16)5-7-14/h2-3,8-10H,4-7H2,1H3. The molecule has 0 N–H and O–H groups in total. The van der Waals surface area contributed by atoms with Crippen LogP contribution in [0.1, 0.15) is 12.8 Å². The molecule has 1 fully saturated rings. The Kier molecular flexibility index (Phi) is 4.26. The molecule has 0 spiro atoms. The van der Waals surface area contributed by atoms with Gasteiger partial charge in [0.15, 0.2) is 9.84 Å². The van der Waals surface area contributed by atoms with Gasteiger partial charge in [-0.1, -0.05) is 0 Å². The van der Waals surface area contributed by atoms with Gasteiger partial charge in [0, 0.05) is 31.3 Å². The second kappa shape index (κ2) is 5.80. The van der Waals surface area contributed by atoms with Gasteiger partial charge in [0.25, 0.3) is 5.69 Å². The summed E-state index contributed by atoms with van der Waals surface area (Å²) < 4.78 is 23.0. The van der Waals surface area contributed by atoms with E-state index in [1.807, 2.05) is 4.90 Å². The minimum Gasteiger partial charge on any atom is -0.366 e. The number of nitrogens with zero attached hydrogens (tertiary/aromatic N) is 2. The highest BCUT2D eigenvalue weighted by molar-refractivity contribution is 7.90. The summed E-state index contributed by atoms with van der Waals surface area (Å²) in [6.45, 7) is 1.09. The van der Waals surface area contributed by atoms with Crippen LogP contribution in [0.4, 0.5) is 11.4 Å². The molecule has 2 rings (SSSR count). The molecule has 1 heterocycles. The zero-order chi connectivity index (χ0) is 15.6. The lowest BCUT2D eigenvalue weighted by Gasteiger charge is -2.31. The third-order valence-corrected chi connectivity index (χ3v) is 4.75. The van der Waals surface area contributed by atoms with Crippen molar-refractivity contribution in [2.75, 3.05) is 24.2 Å². The first kappa shape index (κ1) is 15.4. The normalized spacial score (nSPS) is 16.7. The molecule has 0 saturated carbocycles. The summed E-state index contributed by atoms with van der Waals surface area (Å²) in [6, 6.07) is 3.94. The van der Waals surface area contributed by atoms with Gasteiger partial charge in [-0.2, -0.15) is 0 Å². The van der Waals surface area contributed by atoms with Gasteiger partial charge in [0.05, 0.1) is 9.82 Å². The van der Waals surface area contributed by atoms with E-state index in [9.17, 15) is 23.3 Å². The molecule has 0 amide bonds. The third kappa shape index (κ3) is 3.38. The Labute approximate surface area is 122 Å². The van der Waals surface area contributed by atoms with E-state index in [0.29, 0.717) is 31.6 Å². The largest absolute Gasteiger partial charge is 0.366 e. The van der Waals surface area contributed by atoms with Crippen molar-refractivity contribution in [1.82, 2.24) is 0 Å². The van der Waals surface area contributed by atoms with E-state index in [4.69, 9.17) is 0 Å². The highest BCUT2D eigenvalue weighted by atomic mass is 32.2. The molecule has 1 saturated heterocycles. The van der Waals surface area contributed by atoms with Crippen molar-refractivity contribution in [3.05, 3.63) is 28.3 Å². The van der Waals surface area contributed by atoms with E-state index in [1.54, 1.807) is 0 Å². The van der Waals surface area contributed by atoms with E-state index in [0.717, 1.165) is 18.6 Å². The second-order valence-corrected chi connectivity index (χ2v) is 7.16. The lowest BCUT2D eigenvalue weighted by atomic mass is 9.98. The minimum atomic E-state index is -3.49. The molecule has 0 unspecified atom stereocenters. The van der Waals surface area contributed by atoms with Gasteiger partial charge in [0.2, 0.25) is 0 Å². The molecule has 1 aliphatic rings. The van der Waals surface area contributed by atoms with Crippen LogP contribution >= 0.6 is 0 Å². The predicted octanol–water partition coefficient (Wildman–Crippen LogP) is 1.41. The topological polar surface area (TPSA) is 97.6 Å². The number of anilines is 1. The van der Waals surface area contributed by atoms with Crippen LogP contribution in [0.3, 0.4) is 0 Å².